The average Bonchev–Trinajstić information content (AvgIpc) is 2.55. The highest BCUT2D eigenvalue weighted by atomic mass is 19.3. The van der Waals surface area contributed by atoms with E-state index in [0.717, 1.165) is 19.3 Å². The molecule has 0 aromatic heterocycles. The molecule has 0 aliphatic heterocycles. The predicted octanol–water partition coefficient (Wildman–Crippen LogP) is 7.21. The van der Waals surface area contributed by atoms with Crippen LogP contribution in [0.3, 0.4) is 0 Å². The first-order valence-electron chi connectivity index (χ1n) is 10.1. The van der Waals surface area contributed by atoms with Gasteiger partial charge in [0.15, 0.2) is 6.17 Å². The molecule has 145 valence electrons. The minimum absolute atomic E-state index is 0.0538. The fourth-order valence-electron chi connectivity index (χ4n) is 2.84. The van der Waals surface area contributed by atoms with E-state index in [0.29, 0.717) is 19.3 Å². The number of halogens is 3. The van der Waals surface area contributed by atoms with Crippen molar-refractivity contribution >= 4 is 0 Å². The van der Waals surface area contributed by atoms with Gasteiger partial charge in [0, 0.05) is 6.54 Å². The Morgan fingerprint density at radius 3 is 1.71 bits per heavy atom. The fraction of sp³-hybridized carbons (Fsp3) is 0.950. The second-order valence-corrected chi connectivity index (χ2v) is 6.90. The van der Waals surface area contributed by atoms with Gasteiger partial charge in [-0.25, -0.2) is 4.39 Å². The van der Waals surface area contributed by atoms with Crippen molar-refractivity contribution in [3.05, 3.63) is 6.92 Å². The Kier molecular flexibility index (Phi) is 16.1. The monoisotopic (exact) mass is 350 g/mol. The van der Waals surface area contributed by atoms with E-state index in [-0.39, 0.29) is 13.0 Å². The molecule has 0 amide bonds. The van der Waals surface area contributed by atoms with Gasteiger partial charge in [0.1, 0.15) is 0 Å². The van der Waals surface area contributed by atoms with Crippen molar-refractivity contribution in [3.8, 4) is 0 Å². The van der Waals surface area contributed by atoms with Crippen LogP contribution in [0.2, 0.25) is 0 Å². The molecule has 1 unspecified atom stereocenters. The Hall–Kier alpha value is -0.250. The Balaban J connectivity index is 3.39. The van der Waals surface area contributed by atoms with Crippen LogP contribution in [0.4, 0.5) is 13.2 Å². The van der Waals surface area contributed by atoms with Crippen LogP contribution >= 0.6 is 0 Å². The molecule has 0 spiro atoms. The van der Waals surface area contributed by atoms with Gasteiger partial charge in [-0.3, -0.25) is 5.32 Å². The van der Waals surface area contributed by atoms with Crippen molar-refractivity contribution in [2.75, 3.05) is 6.54 Å². The van der Waals surface area contributed by atoms with Crippen molar-refractivity contribution in [2.45, 2.75) is 115 Å². The number of unbranched alkanes of at least 4 members (excludes halogenated alkanes) is 12. The SMILES string of the molecule is [CH2]CCCNC(F)(F)C(F)CCCCCCCCCCCCCC. The summed E-state index contributed by atoms with van der Waals surface area (Å²) >= 11 is 0. The summed E-state index contributed by atoms with van der Waals surface area (Å²) in [5, 5.41) is 2.00. The molecule has 0 saturated carbocycles. The van der Waals surface area contributed by atoms with Gasteiger partial charge >= 0.3 is 6.05 Å². The van der Waals surface area contributed by atoms with E-state index in [1.807, 2.05) is 5.32 Å². The summed E-state index contributed by atoms with van der Waals surface area (Å²) in [5.41, 5.74) is 0. The van der Waals surface area contributed by atoms with Crippen LogP contribution in [0.1, 0.15) is 103 Å². The average molecular weight is 351 g/mol. The molecule has 0 aromatic rings. The molecule has 0 heterocycles. The molecule has 0 aromatic carbocycles. The molecule has 1 radical (unpaired) electrons. The molecule has 1 N–H and O–H groups in total. The molecule has 4 heteroatoms. The molecule has 0 aliphatic rings. The maximum absolute atomic E-state index is 13.6. The first-order valence-corrected chi connectivity index (χ1v) is 10.1. The number of hydrogen-bond donors (Lipinski definition) is 1. The number of nitrogens with one attached hydrogen (secondary N) is 1. The lowest BCUT2D eigenvalue weighted by Crippen LogP contribution is -2.45. The fourth-order valence-corrected chi connectivity index (χ4v) is 2.84. The third kappa shape index (κ3) is 14.1. The summed E-state index contributed by atoms with van der Waals surface area (Å²) in [6.07, 6.45) is 13.0. The molecule has 0 fully saturated rings. The van der Waals surface area contributed by atoms with Crippen LogP contribution in [-0.4, -0.2) is 18.8 Å². The van der Waals surface area contributed by atoms with E-state index in [1.165, 1.54) is 51.4 Å². The Labute approximate surface area is 148 Å². The lowest BCUT2D eigenvalue weighted by molar-refractivity contribution is -0.103. The minimum Gasteiger partial charge on any atom is -0.256 e. The molecule has 0 bridgehead atoms. The van der Waals surface area contributed by atoms with Gasteiger partial charge in [-0.05, 0) is 12.8 Å². The Morgan fingerprint density at radius 2 is 1.25 bits per heavy atom. The molecule has 24 heavy (non-hydrogen) atoms. The maximum atomic E-state index is 13.6. The molecule has 0 rings (SSSR count). The van der Waals surface area contributed by atoms with Crippen molar-refractivity contribution in [1.82, 2.24) is 5.32 Å². The van der Waals surface area contributed by atoms with E-state index in [4.69, 9.17) is 0 Å². The Bertz CT molecular complexity index is 259. The van der Waals surface area contributed by atoms with E-state index in [9.17, 15) is 13.2 Å². The quantitative estimate of drug-likeness (QED) is 0.203. The van der Waals surface area contributed by atoms with E-state index in [1.54, 1.807) is 0 Å². The highest BCUT2D eigenvalue weighted by molar-refractivity contribution is 4.74. The molecule has 1 nitrogen and oxygen atoms in total. The zero-order valence-corrected chi connectivity index (χ0v) is 15.7. The van der Waals surface area contributed by atoms with Crippen molar-refractivity contribution in [1.29, 1.82) is 0 Å². The van der Waals surface area contributed by atoms with E-state index >= 15 is 0 Å². The molecule has 0 aliphatic carbocycles. The lowest BCUT2D eigenvalue weighted by atomic mass is 10.0. The zero-order valence-electron chi connectivity index (χ0n) is 15.7. The predicted molar refractivity (Wildman–Crippen MR) is 98.1 cm³/mol. The van der Waals surface area contributed by atoms with Crippen molar-refractivity contribution < 1.29 is 13.2 Å². The lowest BCUT2D eigenvalue weighted by Gasteiger charge is -2.21. The third-order valence-electron chi connectivity index (χ3n) is 4.49. The summed E-state index contributed by atoms with van der Waals surface area (Å²) in [4.78, 5) is 0. The smallest absolute Gasteiger partial charge is 0.256 e. The largest absolute Gasteiger partial charge is 0.333 e. The second-order valence-electron chi connectivity index (χ2n) is 6.90. The van der Waals surface area contributed by atoms with Crippen LogP contribution in [0.15, 0.2) is 0 Å². The highest BCUT2D eigenvalue weighted by Gasteiger charge is 2.38. The van der Waals surface area contributed by atoms with Gasteiger partial charge < -0.3 is 0 Å². The van der Waals surface area contributed by atoms with Crippen LogP contribution in [0.5, 0.6) is 0 Å². The van der Waals surface area contributed by atoms with Gasteiger partial charge in [-0.1, -0.05) is 97.3 Å². The third-order valence-corrected chi connectivity index (χ3v) is 4.49. The van der Waals surface area contributed by atoms with Crippen molar-refractivity contribution in [3.63, 3.8) is 0 Å². The summed E-state index contributed by atoms with van der Waals surface area (Å²) in [5.74, 6) is 0. The van der Waals surface area contributed by atoms with Crippen LogP contribution < -0.4 is 5.32 Å². The topological polar surface area (TPSA) is 12.0 Å². The molecular formula is C20H39F3N. The summed E-state index contributed by atoms with van der Waals surface area (Å²) < 4.78 is 40.5. The van der Waals surface area contributed by atoms with Gasteiger partial charge in [-0.15, -0.1) is 0 Å². The van der Waals surface area contributed by atoms with Gasteiger partial charge in [0.25, 0.3) is 0 Å². The number of rotatable bonds is 18. The second kappa shape index (κ2) is 16.2. The highest BCUT2D eigenvalue weighted by Crippen LogP contribution is 2.23. The molecular weight excluding hydrogens is 311 g/mol. The van der Waals surface area contributed by atoms with Crippen LogP contribution in [-0.2, 0) is 0 Å². The Morgan fingerprint density at radius 1 is 0.792 bits per heavy atom. The minimum atomic E-state index is -3.40. The van der Waals surface area contributed by atoms with E-state index < -0.39 is 12.2 Å². The van der Waals surface area contributed by atoms with Crippen LogP contribution in [0.25, 0.3) is 0 Å². The summed E-state index contributed by atoms with van der Waals surface area (Å²) in [6, 6.07) is -3.40. The van der Waals surface area contributed by atoms with E-state index in [2.05, 4.69) is 13.8 Å². The number of alkyl halides is 3. The first-order chi connectivity index (χ1) is 11.5. The molecule has 1 atom stereocenters. The maximum Gasteiger partial charge on any atom is 0.333 e. The standard InChI is InChI=1S/C20H39F3N/c1-3-5-7-8-9-10-11-12-13-14-15-16-17-19(21)20(22,23)24-18-6-4-2/h19,24H,2-18H2,1H3. The normalized spacial score (nSPS) is 13.4. The van der Waals surface area contributed by atoms with Crippen LogP contribution in [0, 0.1) is 6.92 Å². The number of hydrogen-bond acceptors (Lipinski definition) is 1. The summed E-state index contributed by atoms with van der Waals surface area (Å²) in [6.45, 7) is 5.93. The first kappa shape index (κ1) is 23.8. The van der Waals surface area contributed by atoms with Gasteiger partial charge in [0.05, 0.1) is 0 Å². The molecule has 0 saturated heterocycles. The van der Waals surface area contributed by atoms with Crippen molar-refractivity contribution in [2.24, 2.45) is 0 Å². The summed E-state index contributed by atoms with van der Waals surface area (Å²) in [7, 11) is 0. The zero-order chi connectivity index (χ0) is 18.1. The van der Waals surface area contributed by atoms with Gasteiger partial charge in [-0.2, -0.15) is 8.78 Å². The van der Waals surface area contributed by atoms with Gasteiger partial charge in [0.2, 0.25) is 0 Å².